The Hall–Kier alpha value is -3.93. The summed E-state index contributed by atoms with van der Waals surface area (Å²) in [5.41, 5.74) is 12.7. The van der Waals surface area contributed by atoms with Crippen LogP contribution in [0.25, 0.3) is 10.9 Å². The van der Waals surface area contributed by atoms with Crippen LogP contribution in [-0.2, 0) is 30.4 Å². The number of carbonyl (C=O) groups excluding carboxylic acids is 4. The third-order valence-electron chi connectivity index (χ3n) is 6.34. The number of hydrogen-bond acceptors (Lipinski definition) is 6. The summed E-state index contributed by atoms with van der Waals surface area (Å²) < 4.78 is 0. The molecule has 9 N–H and O–H groups in total. The van der Waals surface area contributed by atoms with E-state index in [1.807, 2.05) is 38.1 Å². The molecule has 0 aliphatic carbocycles. The van der Waals surface area contributed by atoms with Gasteiger partial charge in [0.2, 0.25) is 23.6 Å². The van der Waals surface area contributed by atoms with Gasteiger partial charge < -0.3 is 37.5 Å². The van der Waals surface area contributed by atoms with Gasteiger partial charge in [-0.05, 0) is 36.3 Å². The van der Waals surface area contributed by atoms with E-state index in [-0.39, 0.29) is 37.5 Å². The molecule has 0 bridgehead atoms. The monoisotopic (exact) mass is 544 g/mol. The molecule has 2 aromatic rings. The Morgan fingerprint density at radius 1 is 0.923 bits per heavy atom. The Morgan fingerprint density at radius 3 is 2.13 bits per heavy atom. The molecule has 12 heteroatoms. The van der Waals surface area contributed by atoms with Gasteiger partial charge in [0.25, 0.3) is 0 Å². The first kappa shape index (κ1) is 31.3. The standard InChI is InChI=1S/C27H40N6O6/c1-14(2)11-20(26(37)33-23(15(3)4)27(38)39)32-25(36)21(31-24(35)18(28)9-10-22(29)34)12-16-13-30-19-8-6-5-7-17(16)19/h5-8,13-15,18,20-21,23,30H,9-12,28H2,1-4H3,(H2,29,34)(H,31,35)(H,32,36)(H,33,37)(H,38,39). The number of benzene rings is 1. The van der Waals surface area contributed by atoms with Crippen molar-refractivity contribution < 1.29 is 29.1 Å². The highest BCUT2D eigenvalue weighted by molar-refractivity contribution is 5.95. The van der Waals surface area contributed by atoms with Crippen molar-refractivity contribution in [2.45, 2.75) is 77.5 Å². The Bertz CT molecular complexity index is 1180. The molecule has 2 rings (SSSR count). The van der Waals surface area contributed by atoms with Crippen molar-refractivity contribution in [1.82, 2.24) is 20.9 Å². The fraction of sp³-hybridized carbons (Fsp3) is 0.519. The van der Waals surface area contributed by atoms with Gasteiger partial charge in [0.15, 0.2) is 0 Å². The van der Waals surface area contributed by atoms with E-state index < -0.39 is 53.8 Å². The van der Waals surface area contributed by atoms with E-state index in [2.05, 4.69) is 20.9 Å². The molecular weight excluding hydrogens is 504 g/mol. The van der Waals surface area contributed by atoms with E-state index in [9.17, 15) is 29.1 Å². The van der Waals surface area contributed by atoms with Crippen molar-refractivity contribution >= 4 is 40.5 Å². The maximum absolute atomic E-state index is 13.5. The molecule has 4 unspecified atom stereocenters. The quantitative estimate of drug-likeness (QED) is 0.169. The molecule has 0 saturated carbocycles. The second-order valence-electron chi connectivity index (χ2n) is 10.5. The molecule has 0 spiro atoms. The van der Waals surface area contributed by atoms with Crippen LogP contribution in [0.15, 0.2) is 30.5 Å². The van der Waals surface area contributed by atoms with Crippen molar-refractivity contribution in [2.75, 3.05) is 0 Å². The summed E-state index contributed by atoms with van der Waals surface area (Å²) in [6, 6.07) is 3.11. The topological polar surface area (TPSA) is 209 Å². The van der Waals surface area contributed by atoms with Gasteiger partial charge in [-0.3, -0.25) is 19.2 Å². The molecule has 214 valence electrons. The maximum Gasteiger partial charge on any atom is 0.326 e. The Balaban J connectivity index is 2.30. The Morgan fingerprint density at radius 2 is 1.54 bits per heavy atom. The van der Waals surface area contributed by atoms with Gasteiger partial charge in [-0.15, -0.1) is 0 Å². The van der Waals surface area contributed by atoms with E-state index in [1.54, 1.807) is 20.0 Å². The van der Waals surface area contributed by atoms with Crippen LogP contribution < -0.4 is 27.4 Å². The SMILES string of the molecule is CC(C)CC(NC(=O)C(Cc1c[nH]c2ccccc12)NC(=O)C(N)CCC(N)=O)C(=O)NC(C(=O)O)C(C)C. The number of amides is 4. The molecule has 0 aliphatic rings. The third-order valence-corrected chi connectivity index (χ3v) is 6.34. The fourth-order valence-electron chi connectivity index (χ4n) is 4.18. The van der Waals surface area contributed by atoms with E-state index >= 15 is 0 Å². The van der Waals surface area contributed by atoms with Gasteiger partial charge in [0.1, 0.15) is 18.1 Å². The molecule has 0 fully saturated rings. The summed E-state index contributed by atoms with van der Waals surface area (Å²) in [6.45, 7) is 7.08. The van der Waals surface area contributed by atoms with Gasteiger partial charge in [0, 0.05) is 29.9 Å². The summed E-state index contributed by atoms with van der Waals surface area (Å²) in [4.78, 5) is 65.3. The highest BCUT2D eigenvalue weighted by Crippen LogP contribution is 2.19. The van der Waals surface area contributed by atoms with E-state index in [4.69, 9.17) is 11.5 Å². The predicted octanol–water partition coefficient (Wildman–Crippen LogP) is 0.544. The number of carboxylic acids is 1. The van der Waals surface area contributed by atoms with Crippen molar-refractivity contribution in [3.8, 4) is 0 Å². The van der Waals surface area contributed by atoms with Crippen molar-refractivity contribution in [3.05, 3.63) is 36.0 Å². The van der Waals surface area contributed by atoms with Crippen LogP contribution in [0.2, 0.25) is 0 Å². The largest absolute Gasteiger partial charge is 0.480 e. The molecule has 0 saturated heterocycles. The number of aliphatic carboxylic acids is 1. The second-order valence-corrected chi connectivity index (χ2v) is 10.5. The molecule has 1 aromatic carbocycles. The number of nitrogens with two attached hydrogens (primary N) is 2. The highest BCUT2D eigenvalue weighted by atomic mass is 16.4. The smallest absolute Gasteiger partial charge is 0.326 e. The van der Waals surface area contributed by atoms with E-state index in [0.717, 1.165) is 16.5 Å². The lowest BCUT2D eigenvalue weighted by molar-refractivity contribution is -0.143. The molecular formula is C27H40N6O6. The Labute approximate surface area is 227 Å². The summed E-state index contributed by atoms with van der Waals surface area (Å²) in [7, 11) is 0. The molecule has 0 aliphatic heterocycles. The average molecular weight is 545 g/mol. The first-order chi connectivity index (χ1) is 18.3. The highest BCUT2D eigenvalue weighted by Gasteiger charge is 2.32. The third kappa shape index (κ3) is 9.40. The summed E-state index contributed by atoms with van der Waals surface area (Å²) in [5.74, 6) is -4.07. The second kappa shape index (κ2) is 14.3. The molecule has 1 aromatic heterocycles. The summed E-state index contributed by atoms with van der Waals surface area (Å²) in [5, 5.41) is 18.2. The number of aromatic amines is 1. The minimum Gasteiger partial charge on any atom is -0.480 e. The summed E-state index contributed by atoms with van der Waals surface area (Å²) in [6.07, 6.45) is 1.98. The number of carbonyl (C=O) groups is 5. The van der Waals surface area contributed by atoms with Crippen LogP contribution in [0, 0.1) is 11.8 Å². The lowest BCUT2D eigenvalue weighted by Gasteiger charge is -2.27. The van der Waals surface area contributed by atoms with Gasteiger partial charge in [-0.25, -0.2) is 4.79 Å². The number of nitrogens with one attached hydrogen (secondary N) is 4. The first-order valence-electron chi connectivity index (χ1n) is 13.0. The van der Waals surface area contributed by atoms with Crippen LogP contribution in [0.5, 0.6) is 0 Å². The van der Waals surface area contributed by atoms with Crippen molar-refractivity contribution in [2.24, 2.45) is 23.3 Å². The molecule has 39 heavy (non-hydrogen) atoms. The van der Waals surface area contributed by atoms with Crippen LogP contribution in [-0.4, -0.2) is 63.9 Å². The molecule has 4 amide bonds. The number of rotatable bonds is 15. The molecule has 0 radical (unpaired) electrons. The van der Waals surface area contributed by atoms with Crippen LogP contribution >= 0.6 is 0 Å². The molecule has 1 heterocycles. The number of fused-ring (bicyclic) bond motifs is 1. The maximum atomic E-state index is 13.5. The summed E-state index contributed by atoms with van der Waals surface area (Å²) >= 11 is 0. The first-order valence-corrected chi connectivity index (χ1v) is 13.0. The predicted molar refractivity (Wildman–Crippen MR) is 146 cm³/mol. The number of aromatic nitrogens is 1. The number of H-pyrrole nitrogens is 1. The van der Waals surface area contributed by atoms with E-state index in [1.165, 1.54) is 0 Å². The van der Waals surface area contributed by atoms with E-state index in [0.29, 0.717) is 0 Å². The number of hydrogen-bond donors (Lipinski definition) is 7. The van der Waals surface area contributed by atoms with Crippen molar-refractivity contribution in [1.29, 1.82) is 0 Å². The zero-order chi connectivity index (χ0) is 29.3. The lowest BCUT2D eigenvalue weighted by Crippen LogP contribution is -2.58. The number of primary amides is 1. The van der Waals surface area contributed by atoms with Gasteiger partial charge in [-0.2, -0.15) is 0 Å². The zero-order valence-electron chi connectivity index (χ0n) is 22.8. The van der Waals surface area contributed by atoms with Crippen LogP contribution in [0.4, 0.5) is 0 Å². The number of para-hydroxylation sites is 1. The van der Waals surface area contributed by atoms with Crippen LogP contribution in [0.1, 0.15) is 52.5 Å². The average Bonchev–Trinajstić information content (AvgIpc) is 3.26. The zero-order valence-corrected chi connectivity index (χ0v) is 22.8. The number of carboxylic acid groups (broad SMARTS) is 1. The molecule has 12 nitrogen and oxygen atoms in total. The van der Waals surface area contributed by atoms with Crippen molar-refractivity contribution in [3.63, 3.8) is 0 Å². The minimum absolute atomic E-state index is 0.00670. The van der Waals surface area contributed by atoms with Gasteiger partial charge in [0.05, 0.1) is 6.04 Å². The van der Waals surface area contributed by atoms with Gasteiger partial charge >= 0.3 is 5.97 Å². The molecule has 4 atom stereocenters. The minimum atomic E-state index is -1.18. The van der Waals surface area contributed by atoms with Crippen LogP contribution in [0.3, 0.4) is 0 Å². The normalized spacial score (nSPS) is 14.4. The van der Waals surface area contributed by atoms with Gasteiger partial charge in [-0.1, -0.05) is 45.9 Å². The Kier molecular flexibility index (Phi) is 11.5. The lowest BCUT2D eigenvalue weighted by atomic mass is 9.99. The fourth-order valence-corrected chi connectivity index (χ4v) is 4.18.